The first-order valence-electron chi connectivity index (χ1n) is 4.46. The van der Waals surface area contributed by atoms with Gasteiger partial charge < -0.3 is 11.1 Å². The van der Waals surface area contributed by atoms with Crippen molar-refractivity contribution in [1.29, 1.82) is 0 Å². The molecule has 0 bridgehead atoms. The molecule has 0 spiro atoms. The Morgan fingerprint density at radius 3 is 1.64 bits per heavy atom. The largest absolute Gasteiger partial charge is 0.327 e. The van der Waals surface area contributed by atoms with Crippen LogP contribution in [0.2, 0.25) is 0 Å². The topological polar surface area (TPSA) is 38.0 Å². The number of hydrogen-bond acceptors (Lipinski definition) is 2. The van der Waals surface area contributed by atoms with E-state index in [9.17, 15) is 0 Å². The van der Waals surface area contributed by atoms with Crippen LogP contribution in [0.3, 0.4) is 0 Å². The molecule has 68 valence electrons. The van der Waals surface area contributed by atoms with Crippen molar-refractivity contribution < 1.29 is 0 Å². The van der Waals surface area contributed by atoms with Gasteiger partial charge in [-0.15, -0.1) is 0 Å². The standard InChI is InChI=1S/C9H22N2/c1-6(2)8(4)11-9(5)7(3)10/h6-9,11H,10H2,1-5H3. The zero-order valence-corrected chi connectivity index (χ0v) is 8.39. The Bertz CT molecular complexity index is 87.7. The molecule has 3 atom stereocenters. The molecular formula is C9H22N2. The fraction of sp³-hybridized carbons (Fsp3) is 1.00. The molecule has 2 nitrogen and oxygen atoms in total. The molecule has 11 heavy (non-hydrogen) atoms. The molecule has 0 saturated heterocycles. The molecule has 0 aromatic heterocycles. The van der Waals surface area contributed by atoms with Gasteiger partial charge in [-0.3, -0.25) is 0 Å². The SMILES string of the molecule is CC(C)C(C)NC(C)C(C)N. The first-order chi connectivity index (χ1) is 4.95. The summed E-state index contributed by atoms with van der Waals surface area (Å²) in [5.41, 5.74) is 5.72. The van der Waals surface area contributed by atoms with E-state index in [2.05, 4.69) is 33.0 Å². The van der Waals surface area contributed by atoms with Gasteiger partial charge in [0.25, 0.3) is 0 Å². The van der Waals surface area contributed by atoms with Crippen LogP contribution in [0.4, 0.5) is 0 Å². The van der Waals surface area contributed by atoms with Crippen LogP contribution in [0.5, 0.6) is 0 Å². The number of rotatable bonds is 4. The maximum Gasteiger partial charge on any atom is 0.0190 e. The normalized spacial score (nSPS) is 19.9. The minimum Gasteiger partial charge on any atom is -0.327 e. The lowest BCUT2D eigenvalue weighted by atomic mass is 10.0. The van der Waals surface area contributed by atoms with Crippen LogP contribution in [0.25, 0.3) is 0 Å². The average molecular weight is 158 g/mol. The zero-order valence-electron chi connectivity index (χ0n) is 8.39. The van der Waals surface area contributed by atoms with E-state index in [1.165, 1.54) is 0 Å². The Labute approximate surface area is 70.5 Å². The summed E-state index contributed by atoms with van der Waals surface area (Å²) in [4.78, 5) is 0. The van der Waals surface area contributed by atoms with E-state index in [0.29, 0.717) is 18.0 Å². The maximum absolute atomic E-state index is 5.72. The summed E-state index contributed by atoms with van der Waals surface area (Å²) in [6.45, 7) is 10.8. The summed E-state index contributed by atoms with van der Waals surface area (Å²) >= 11 is 0. The molecule has 0 aliphatic rings. The minimum absolute atomic E-state index is 0.233. The lowest BCUT2D eigenvalue weighted by Crippen LogP contribution is -2.46. The maximum atomic E-state index is 5.72. The molecule has 2 heteroatoms. The van der Waals surface area contributed by atoms with Crippen molar-refractivity contribution in [3.8, 4) is 0 Å². The third-order valence-corrected chi connectivity index (χ3v) is 2.31. The van der Waals surface area contributed by atoms with Gasteiger partial charge in [0.1, 0.15) is 0 Å². The highest BCUT2D eigenvalue weighted by Gasteiger charge is 2.12. The Balaban J connectivity index is 3.66. The smallest absolute Gasteiger partial charge is 0.0190 e. The molecule has 3 N–H and O–H groups in total. The van der Waals surface area contributed by atoms with E-state index in [4.69, 9.17) is 5.73 Å². The van der Waals surface area contributed by atoms with Gasteiger partial charge in [0.15, 0.2) is 0 Å². The predicted molar refractivity (Wildman–Crippen MR) is 50.5 cm³/mol. The molecule has 0 fully saturated rings. The summed E-state index contributed by atoms with van der Waals surface area (Å²) in [6.07, 6.45) is 0. The van der Waals surface area contributed by atoms with E-state index < -0.39 is 0 Å². The third-order valence-electron chi connectivity index (χ3n) is 2.31. The Hall–Kier alpha value is -0.0800. The van der Waals surface area contributed by atoms with Crippen molar-refractivity contribution in [1.82, 2.24) is 5.32 Å². The lowest BCUT2D eigenvalue weighted by molar-refractivity contribution is 0.359. The predicted octanol–water partition coefficient (Wildman–Crippen LogP) is 1.36. The van der Waals surface area contributed by atoms with Gasteiger partial charge in [-0.05, 0) is 26.7 Å². The highest BCUT2D eigenvalue weighted by molar-refractivity contribution is 4.75. The summed E-state index contributed by atoms with van der Waals surface area (Å²) in [5, 5.41) is 3.45. The Kier molecular flexibility index (Phi) is 4.69. The van der Waals surface area contributed by atoms with Gasteiger partial charge >= 0.3 is 0 Å². The second-order valence-electron chi connectivity index (χ2n) is 3.85. The summed E-state index contributed by atoms with van der Waals surface area (Å²) < 4.78 is 0. The van der Waals surface area contributed by atoms with Crippen LogP contribution in [0, 0.1) is 5.92 Å². The highest BCUT2D eigenvalue weighted by atomic mass is 15.0. The van der Waals surface area contributed by atoms with Crippen molar-refractivity contribution in [2.24, 2.45) is 11.7 Å². The molecule has 3 unspecified atom stereocenters. The third kappa shape index (κ3) is 4.38. The van der Waals surface area contributed by atoms with Crippen LogP contribution < -0.4 is 11.1 Å². The second-order valence-corrected chi connectivity index (χ2v) is 3.85. The number of nitrogens with one attached hydrogen (secondary N) is 1. The molecule has 0 aromatic carbocycles. The quantitative estimate of drug-likeness (QED) is 0.648. The molecule has 0 rings (SSSR count). The van der Waals surface area contributed by atoms with Gasteiger partial charge in [-0.2, -0.15) is 0 Å². The summed E-state index contributed by atoms with van der Waals surface area (Å²) in [5.74, 6) is 0.677. The second kappa shape index (κ2) is 4.73. The van der Waals surface area contributed by atoms with Crippen LogP contribution in [-0.2, 0) is 0 Å². The number of nitrogens with two attached hydrogens (primary N) is 1. The van der Waals surface area contributed by atoms with E-state index in [0.717, 1.165) is 0 Å². The molecule has 0 aliphatic carbocycles. The minimum atomic E-state index is 0.233. The molecule has 0 aromatic rings. The van der Waals surface area contributed by atoms with Crippen molar-refractivity contribution in [3.63, 3.8) is 0 Å². The molecule has 0 radical (unpaired) electrons. The van der Waals surface area contributed by atoms with Crippen molar-refractivity contribution in [2.45, 2.75) is 52.7 Å². The van der Waals surface area contributed by atoms with Crippen molar-refractivity contribution in [3.05, 3.63) is 0 Å². The van der Waals surface area contributed by atoms with E-state index in [1.807, 2.05) is 6.92 Å². The molecular weight excluding hydrogens is 136 g/mol. The lowest BCUT2D eigenvalue weighted by Gasteiger charge is -2.25. The van der Waals surface area contributed by atoms with Crippen molar-refractivity contribution >= 4 is 0 Å². The van der Waals surface area contributed by atoms with Gasteiger partial charge in [0.2, 0.25) is 0 Å². The van der Waals surface area contributed by atoms with Gasteiger partial charge in [-0.25, -0.2) is 0 Å². The fourth-order valence-electron chi connectivity index (χ4n) is 0.759. The van der Waals surface area contributed by atoms with Gasteiger partial charge in [0, 0.05) is 18.1 Å². The van der Waals surface area contributed by atoms with E-state index in [1.54, 1.807) is 0 Å². The first kappa shape index (κ1) is 10.9. The summed E-state index contributed by atoms with van der Waals surface area (Å²) in [7, 11) is 0. The molecule has 0 saturated carbocycles. The van der Waals surface area contributed by atoms with Crippen LogP contribution >= 0.6 is 0 Å². The molecule has 0 aliphatic heterocycles. The van der Waals surface area contributed by atoms with E-state index >= 15 is 0 Å². The fourth-order valence-corrected chi connectivity index (χ4v) is 0.759. The van der Waals surface area contributed by atoms with E-state index in [-0.39, 0.29) is 6.04 Å². The van der Waals surface area contributed by atoms with Gasteiger partial charge in [0.05, 0.1) is 0 Å². The van der Waals surface area contributed by atoms with Crippen LogP contribution in [0.15, 0.2) is 0 Å². The monoisotopic (exact) mass is 158 g/mol. The van der Waals surface area contributed by atoms with Crippen LogP contribution in [-0.4, -0.2) is 18.1 Å². The Morgan fingerprint density at radius 1 is 0.909 bits per heavy atom. The van der Waals surface area contributed by atoms with Crippen molar-refractivity contribution in [2.75, 3.05) is 0 Å². The Morgan fingerprint density at radius 2 is 1.36 bits per heavy atom. The summed E-state index contributed by atoms with van der Waals surface area (Å²) in [6, 6.07) is 1.19. The number of hydrogen-bond donors (Lipinski definition) is 2. The average Bonchev–Trinajstić information content (AvgIpc) is 1.87. The molecule has 0 amide bonds. The highest BCUT2D eigenvalue weighted by Crippen LogP contribution is 2.01. The zero-order chi connectivity index (χ0) is 9.02. The van der Waals surface area contributed by atoms with Crippen LogP contribution in [0.1, 0.15) is 34.6 Å². The molecule has 0 heterocycles. The first-order valence-corrected chi connectivity index (χ1v) is 4.46. The van der Waals surface area contributed by atoms with Gasteiger partial charge in [-0.1, -0.05) is 13.8 Å².